The Hall–Kier alpha value is -2.67. The molecule has 1 aromatic carbocycles. The van der Waals surface area contributed by atoms with E-state index in [1.54, 1.807) is 6.07 Å². The van der Waals surface area contributed by atoms with E-state index in [1.165, 1.54) is 29.3 Å². The van der Waals surface area contributed by atoms with E-state index in [9.17, 15) is 14.0 Å². The van der Waals surface area contributed by atoms with Crippen LogP contribution in [0.1, 0.15) is 37.0 Å². The van der Waals surface area contributed by atoms with Crippen molar-refractivity contribution in [2.24, 2.45) is 0 Å². The lowest BCUT2D eigenvalue weighted by Gasteiger charge is -2.17. The summed E-state index contributed by atoms with van der Waals surface area (Å²) in [6.45, 7) is 4.18. The van der Waals surface area contributed by atoms with Crippen molar-refractivity contribution in [1.29, 1.82) is 0 Å². The van der Waals surface area contributed by atoms with Gasteiger partial charge in [0.2, 0.25) is 11.8 Å². The van der Waals surface area contributed by atoms with Crippen LogP contribution in [0.2, 0.25) is 5.02 Å². The molecule has 1 aromatic heterocycles. The summed E-state index contributed by atoms with van der Waals surface area (Å²) in [5, 5.41) is 2.81. The van der Waals surface area contributed by atoms with Gasteiger partial charge in [-0.25, -0.2) is 9.37 Å². The lowest BCUT2D eigenvalue weighted by atomic mass is 10.2. The third kappa shape index (κ3) is 4.36. The van der Waals surface area contributed by atoms with Crippen molar-refractivity contribution >= 4 is 34.8 Å². The Labute approximate surface area is 161 Å². The smallest absolute Gasteiger partial charge is 0.257 e. The average molecular weight is 392 g/mol. The molecule has 0 radical (unpaired) electrons. The summed E-state index contributed by atoms with van der Waals surface area (Å²) in [6.07, 6.45) is 2.37. The molecule has 3 rings (SSSR count). The summed E-state index contributed by atoms with van der Waals surface area (Å²) in [5.74, 6) is -0.909. The van der Waals surface area contributed by atoms with Gasteiger partial charge in [0.25, 0.3) is 5.91 Å². The van der Waals surface area contributed by atoms with Crippen LogP contribution >= 0.6 is 11.6 Å². The first-order chi connectivity index (χ1) is 12.8. The van der Waals surface area contributed by atoms with Crippen LogP contribution in [0.5, 0.6) is 5.88 Å². The first-order valence-corrected chi connectivity index (χ1v) is 8.96. The lowest BCUT2D eigenvalue weighted by molar-refractivity contribution is -0.117. The van der Waals surface area contributed by atoms with Gasteiger partial charge in [-0.05, 0) is 44.5 Å². The summed E-state index contributed by atoms with van der Waals surface area (Å²) in [6, 6.07) is 5.66. The highest BCUT2D eigenvalue weighted by atomic mass is 35.5. The van der Waals surface area contributed by atoms with Crippen molar-refractivity contribution in [3.05, 3.63) is 46.9 Å². The largest absolute Gasteiger partial charge is 0.474 e. The number of rotatable bonds is 5. The molecule has 2 aromatic rings. The highest BCUT2D eigenvalue weighted by molar-refractivity contribution is 6.32. The minimum absolute atomic E-state index is 0.0985. The topological polar surface area (TPSA) is 71.5 Å². The zero-order valence-electron chi connectivity index (χ0n) is 15.0. The van der Waals surface area contributed by atoms with Crippen LogP contribution in [-0.2, 0) is 4.79 Å². The molecule has 1 N–H and O–H groups in total. The molecule has 1 aliphatic heterocycles. The number of halogens is 2. The Morgan fingerprint density at radius 3 is 2.74 bits per heavy atom. The van der Waals surface area contributed by atoms with Crippen LogP contribution < -0.4 is 15.0 Å². The maximum Gasteiger partial charge on any atom is 0.257 e. The van der Waals surface area contributed by atoms with Gasteiger partial charge in [-0.3, -0.25) is 9.59 Å². The second-order valence-corrected chi connectivity index (χ2v) is 6.85. The van der Waals surface area contributed by atoms with Gasteiger partial charge in [-0.2, -0.15) is 0 Å². The number of carbonyl (C=O) groups excluding carboxylic acids is 2. The van der Waals surface area contributed by atoms with Gasteiger partial charge >= 0.3 is 0 Å². The number of ether oxygens (including phenoxy) is 1. The normalized spacial score (nSPS) is 14.0. The quantitative estimate of drug-likeness (QED) is 0.834. The first kappa shape index (κ1) is 19.1. The monoisotopic (exact) mass is 391 g/mol. The van der Waals surface area contributed by atoms with Gasteiger partial charge in [0.1, 0.15) is 10.8 Å². The van der Waals surface area contributed by atoms with Gasteiger partial charge in [0.15, 0.2) is 0 Å². The number of hydrogen-bond donors (Lipinski definition) is 1. The Balaban J connectivity index is 1.73. The van der Waals surface area contributed by atoms with E-state index in [4.69, 9.17) is 16.3 Å². The zero-order chi connectivity index (χ0) is 19.6. The Kier molecular flexibility index (Phi) is 5.60. The fourth-order valence-electron chi connectivity index (χ4n) is 2.77. The minimum atomic E-state index is -0.570. The van der Waals surface area contributed by atoms with Crippen LogP contribution in [0.15, 0.2) is 30.5 Å². The highest BCUT2D eigenvalue weighted by Gasteiger charge is 2.24. The Bertz CT molecular complexity index is 888. The standard InChI is InChI=1S/C19H19ClFN3O3/c1-11(2)27-19-14(20)8-12(10-22-19)18(26)23-13-5-6-16(15(21)9-13)24-7-3-4-17(24)25/h5-6,8-11H,3-4,7H2,1-2H3,(H,23,26). The highest BCUT2D eigenvalue weighted by Crippen LogP contribution is 2.28. The van der Waals surface area contributed by atoms with E-state index in [2.05, 4.69) is 10.3 Å². The molecule has 0 unspecified atom stereocenters. The number of amides is 2. The maximum atomic E-state index is 14.4. The molecule has 2 amide bonds. The summed E-state index contributed by atoms with van der Waals surface area (Å²) in [7, 11) is 0. The predicted octanol–water partition coefficient (Wildman–Crippen LogP) is 4.04. The molecule has 27 heavy (non-hydrogen) atoms. The molecular weight excluding hydrogens is 373 g/mol. The number of pyridine rings is 1. The third-order valence-corrected chi connectivity index (χ3v) is 4.26. The molecule has 0 saturated carbocycles. The van der Waals surface area contributed by atoms with Gasteiger partial charge in [-0.15, -0.1) is 0 Å². The van der Waals surface area contributed by atoms with Crippen molar-refractivity contribution in [3.63, 3.8) is 0 Å². The van der Waals surface area contributed by atoms with Gasteiger partial charge in [0, 0.05) is 24.8 Å². The summed E-state index contributed by atoms with van der Waals surface area (Å²) < 4.78 is 19.8. The molecule has 8 heteroatoms. The number of nitrogens with zero attached hydrogens (tertiary/aromatic N) is 2. The van der Waals surface area contributed by atoms with Gasteiger partial charge in [-0.1, -0.05) is 11.6 Å². The average Bonchev–Trinajstić information content (AvgIpc) is 3.02. The molecule has 1 aliphatic rings. The van der Waals surface area contributed by atoms with Crippen molar-refractivity contribution in [1.82, 2.24) is 4.98 Å². The fraction of sp³-hybridized carbons (Fsp3) is 0.316. The van der Waals surface area contributed by atoms with Crippen LogP contribution in [-0.4, -0.2) is 29.4 Å². The molecule has 6 nitrogen and oxygen atoms in total. The number of aromatic nitrogens is 1. The molecule has 0 spiro atoms. The van der Waals surface area contributed by atoms with Crippen molar-refractivity contribution in [3.8, 4) is 5.88 Å². The van der Waals surface area contributed by atoms with Crippen LogP contribution in [0.4, 0.5) is 15.8 Å². The summed E-state index contributed by atoms with van der Waals surface area (Å²) >= 11 is 6.09. The molecule has 142 valence electrons. The first-order valence-electron chi connectivity index (χ1n) is 8.58. The van der Waals surface area contributed by atoms with Gasteiger partial charge < -0.3 is 15.0 Å². The number of anilines is 2. The minimum Gasteiger partial charge on any atom is -0.474 e. The zero-order valence-corrected chi connectivity index (χ0v) is 15.7. The molecule has 0 atom stereocenters. The van der Waals surface area contributed by atoms with E-state index < -0.39 is 11.7 Å². The van der Waals surface area contributed by atoms with E-state index in [1.807, 2.05) is 13.8 Å². The number of benzene rings is 1. The lowest BCUT2D eigenvalue weighted by Crippen LogP contribution is -2.24. The second-order valence-electron chi connectivity index (χ2n) is 6.45. The van der Waals surface area contributed by atoms with E-state index in [0.717, 1.165) is 0 Å². The van der Waals surface area contributed by atoms with E-state index >= 15 is 0 Å². The third-order valence-electron chi connectivity index (χ3n) is 3.99. The predicted molar refractivity (Wildman–Crippen MR) is 101 cm³/mol. The molecule has 1 fully saturated rings. The van der Waals surface area contributed by atoms with Crippen molar-refractivity contribution in [2.45, 2.75) is 32.8 Å². The Morgan fingerprint density at radius 1 is 1.37 bits per heavy atom. The van der Waals surface area contributed by atoms with Crippen LogP contribution in [0, 0.1) is 5.82 Å². The van der Waals surface area contributed by atoms with E-state index in [-0.39, 0.29) is 39.9 Å². The molecule has 2 heterocycles. The number of hydrogen-bond acceptors (Lipinski definition) is 4. The van der Waals surface area contributed by atoms with Crippen LogP contribution in [0.25, 0.3) is 0 Å². The van der Waals surface area contributed by atoms with E-state index in [0.29, 0.717) is 19.4 Å². The fourth-order valence-corrected chi connectivity index (χ4v) is 2.98. The second kappa shape index (κ2) is 7.92. The summed E-state index contributed by atoms with van der Waals surface area (Å²) in [5.41, 5.74) is 0.706. The number of carbonyl (C=O) groups is 2. The SMILES string of the molecule is CC(C)Oc1ncc(C(=O)Nc2ccc(N3CCCC3=O)c(F)c2)cc1Cl. The maximum absolute atomic E-state index is 14.4. The number of nitrogens with one attached hydrogen (secondary N) is 1. The molecule has 1 saturated heterocycles. The Morgan fingerprint density at radius 2 is 2.15 bits per heavy atom. The van der Waals surface area contributed by atoms with Gasteiger partial charge in [0.05, 0.1) is 17.4 Å². The van der Waals surface area contributed by atoms with Crippen LogP contribution in [0.3, 0.4) is 0 Å². The molecule has 0 aliphatic carbocycles. The summed E-state index contributed by atoms with van der Waals surface area (Å²) in [4.78, 5) is 29.6. The molecular formula is C19H19ClFN3O3. The van der Waals surface area contributed by atoms with Crippen molar-refractivity contribution in [2.75, 3.05) is 16.8 Å². The molecule has 0 bridgehead atoms. The van der Waals surface area contributed by atoms with Crippen molar-refractivity contribution < 1.29 is 18.7 Å².